The first-order chi connectivity index (χ1) is 8.04. The summed E-state index contributed by atoms with van der Waals surface area (Å²) in [6.07, 6.45) is 1.78. The predicted molar refractivity (Wildman–Crippen MR) is 70.4 cm³/mol. The number of hydrogen-bond acceptors (Lipinski definition) is 3. The summed E-state index contributed by atoms with van der Waals surface area (Å²) in [6.45, 7) is 8.50. The van der Waals surface area contributed by atoms with Crippen LogP contribution in [-0.4, -0.2) is 12.0 Å². The average molecular weight is 230 g/mol. The second-order valence-electron chi connectivity index (χ2n) is 4.42. The Hall–Kier alpha value is -1.77. The van der Waals surface area contributed by atoms with Gasteiger partial charge < -0.3 is 9.73 Å². The highest BCUT2D eigenvalue weighted by atomic mass is 16.4. The van der Waals surface area contributed by atoms with Gasteiger partial charge in [-0.2, -0.15) is 0 Å². The van der Waals surface area contributed by atoms with Gasteiger partial charge in [-0.25, -0.2) is 4.98 Å². The molecule has 0 aliphatic carbocycles. The van der Waals surface area contributed by atoms with Crippen molar-refractivity contribution in [1.29, 1.82) is 0 Å². The van der Waals surface area contributed by atoms with Crippen LogP contribution in [0.2, 0.25) is 0 Å². The summed E-state index contributed by atoms with van der Waals surface area (Å²) in [7, 11) is 1.80. The van der Waals surface area contributed by atoms with Crippen LogP contribution in [0.1, 0.15) is 22.3 Å². The van der Waals surface area contributed by atoms with Gasteiger partial charge in [-0.05, 0) is 49.9 Å². The smallest absolute Gasteiger partial charge is 0.294 e. The van der Waals surface area contributed by atoms with Crippen LogP contribution in [0.4, 0.5) is 6.01 Å². The highest BCUT2D eigenvalue weighted by Crippen LogP contribution is 2.32. The Morgan fingerprint density at radius 3 is 2.12 bits per heavy atom. The number of benzene rings is 1. The van der Waals surface area contributed by atoms with E-state index in [1.807, 2.05) is 0 Å². The zero-order chi connectivity index (χ0) is 12.6. The lowest BCUT2D eigenvalue weighted by Crippen LogP contribution is -1.94. The molecular weight excluding hydrogens is 212 g/mol. The van der Waals surface area contributed by atoms with Gasteiger partial charge in [0.1, 0.15) is 0 Å². The summed E-state index contributed by atoms with van der Waals surface area (Å²) < 4.78 is 5.67. The van der Waals surface area contributed by atoms with Crippen LogP contribution in [0.25, 0.3) is 11.3 Å². The van der Waals surface area contributed by atoms with Gasteiger partial charge in [0.15, 0.2) is 5.76 Å². The fourth-order valence-electron chi connectivity index (χ4n) is 2.09. The second kappa shape index (κ2) is 4.24. The minimum atomic E-state index is 0.554. The van der Waals surface area contributed by atoms with Gasteiger partial charge in [-0.3, -0.25) is 0 Å². The average Bonchev–Trinajstić information content (AvgIpc) is 2.75. The summed E-state index contributed by atoms with van der Waals surface area (Å²) in [5.74, 6) is 0.830. The summed E-state index contributed by atoms with van der Waals surface area (Å²) in [6, 6.07) is 2.77. The Labute approximate surface area is 102 Å². The van der Waals surface area contributed by atoms with Crippen molar-refractivity contribution < 1.29 is 4.42 Å². The SMILES string of the molecule is CNc1ncc(-c2c(C)c(C)cc(C)c2C)o1. The molecule has 0 bridgehead atoms. The van der Waals surface area contributed by atoms with Crippen molar-refractivity contribution in [3.8, 4) is 11.3 Å². The number of nitrogens with zero attached hydrogens (tertiary/aromatic N) is 1. The molecule has 2 rings (SSSR count). The molecule has 2 aromatic rings. The minimum Gasteiger partial charge on any atom is -0.424 e. The summed E-state index contributed by atoms with van der Waals surface area (Å²) >= 11 is 0. The van der Waals surface area contributed by atoms with E-state index in [0.29, 0.717) is 6.01 Å². The molecule has 90 valence electrons. The topological polar surface area (TPSA) is 38.1 Å². The van der Waals surface area contributed by atoms with E-state index in [1.54, 1.807) is 13.2 Å². The van der Waals surface area contributed by atoms with Gasteiger partial charge in [-0.15, -0.1) is 0 Å². The zero-order valence-electron chi connectivity index (χ0n) is 11.0. The largest absolute Gasteiger partial charge is 0.424 e. The third-order valence-electron chi connectivity index (χ3n) is 3.33. The lowest BCUT2D eigenvalue weighted by Gasteiger charge is -2.12. The van der Waals surface area contributed by atoms with Crippen molar-refractivity contribution in [3.63, 3.8) is 0 Å². The van der Waals surface area contributed by atoms with Crippen LogP contribution in [0.15, 0.2) is 16.7 Å². The molecule has 3 nitrogen and oxygen atoms in total. The van der Waals surface area contributed by atoms with Crippen LogP contribution >= 0.6 is 0 Å². The zero-order valence-corrected chi connectivity index (χ0v) is 11.0. The van der Waals surface area contributed by atoms with E-state index in [1.165, 1.54) is 22.3 Å². The molecule has 1 aromatic heterocycles. The molecule has 0 spiro atoms. The molecule has 0 saturated heterocycles. The van der Waals surface area contributed by atoms with Crippen molar-refractivity contribution in [2.45, 2.75) is 27.7 Å². The maximum Gasteiger partial charge on any atom is 0.294 e. The molecule has 0 radical (unpaired) electrons. The van der Waals surface area contributed by atoms with Crippen molar-refractivity contribution in [3.05, 3.63) is 34.5 Å². The van der Waals surface area contributed by atoms with Gasteiger partial charge >= 0.3 is 0 Å². The molecule has 17 heavy (non-hydrogen) atoms. The molecule has 0 amide bonds. The van der Waals surface area contributed by atoms with E-state index < -0.39 is 0 Å². The molecule has 0 saturated carbocycles. The molecule has 0 aliphatic heterocycles. The molecule has 1 N–H and O–H groups in total. The van der Waals surface area contributed by atoms with E-state index in [4.69, 9.17) is 4.42 Å². The Morgan fingerprint density at radius 2 is 1.65 bits per heavy atom. The number of rotatable bonds is 2. The number of oxazole rings is 1. The Morgan fingerprint density at radius 1 is 1.06 bits per heavy atom. The summed E-state index contributed by atoms with van der Waals surface area (Å²) in [5.41, 5.74) is 6.24. The first-order valence-corrected chi connectivity index (χ1v) is 5.76. The first kappa shape index (κ1) is 11.7. The fourth-order valence-corrected chi connectivity index (χ4v) is 2.09. The lowest BCUT2D eigenvalue weighted by atomic mass is 9.93. The predicted octanol–water partition coefficient (Wildman–Crippen LogP) is 3.62. The van der Waals surface area contributed by atoms with Gasteiger partial charge in [0, 0.05) is 12.6 Å². The maximum atomic E-state index is 5.67. The molecule has 0 fully saturated rings. The number of nitrogens with one attached hydrogen (secondary N) is 1. The molecule has 1 aromatic carbocycles. The van der Waals surface area contributed by atoms with Crippen LogP contribution in [0.5, 0.6) is 0 Å². The summed E-state index contributed by atoms with van der Waals surface area (Å²) in [5, 5.41) is 2.91. The van der Waals surface area contributed by atoms with Crippen molar-refractivity contribution in [1.82, 2.24) is 4.98 Å². The molecule has 3 heteroatoms. The highest BCUT2D eigenvalue weighted by molar-refractivity contribution is 5.69. The van der Waals surface area contributed by atoms with Gasteiger partial charge in [0.05, 0.1) is 6.20 Å². The molecule has 0 atom stereocenters. The normalized spacial score (nSPS) is 10.6. The summed E-state index contributed by atoms with van der Waals surface area (Å²) in [4.78, 5) is 4.17. The Balaban J connectivity index is 2.65. The van der Waals surface area contributed by atoms with E-state index in [2.05, 4.69) is 44.1 Å². The third-order valence-corrected chi connectivity index (χ3v) is 3.33. The minimum absolute atomic E-state index is 0.554. The van der Waals surface area contributed by atoms with Crippen LogP contribution < -0.4 is 5.32 Å². The maximum absolute atomic E-state index is 5.67. The molecule has 1 heterocycles. The second-order valence-corrected chi connectivity index (χ2v) is 4.42. The van der Waals surface area contributed by atoms with Crippen molar-refractivity contribution in [2.75, 3.05) is 12.4 Å². The highest BCUT2D eigenvalue weighted by Gasteiger charge is 2.14. The lowest BCUT2D eigenvalue weighted by molar-refractivity contribution is 0.588. The van der Waals surface area contributed by atoms with E-state index >= 15 is 0 Å². The van der Waals surface area contributed by atoms with Crippen LogP contribution in [0, 0.1) is 27.7 Å². The van der Waals surface area contributed by atoms with E-state index in [9.17, 15) is 0 Å². The number of aromatic nitrogens is 1. The molecule has 0 unspecified atom stereocenters. The van der Waals surface area contributed by atoms with Crippen molar-refractivity contribution >= 4 is 6.01 Å². The van der Waals surface area contributed by atoms with E-state index in [0.717, 1.165) is 11.3 Å². The molecular formula is C14H18N2O. The quantitative estimate of drug-likeness (QED) is 0.856. The number of anilines is 1. The van der Waals surface area contributed by atoms with E-state index in [-0.39, 0.29) is 0 Å². The Bertz CT molecular complexity index is 529. The fraction of sp³-hybridized carbons (Fsp3) is 0.357. The Kier molecular flexibility index (Phi) is 2.92. The van der Waals surface area contributed by atoms with Gasteiger partial charge in [0.2, 0.25) is 0 Å². The third kappa shape index (κ3) is 1.93. The van der Waals surface area contributed by atoms with Crippen molar-refractivity contribution in [2.24, 2.45) is 0 Å². The van der Waals surface area contributed by atoms with Crippen LogP contribution in [-0.2, 0) is 0 Å². The van der Waals surface area contributed by atoms with Crippen LogP contribution in [0.3, 0.4) is 0 Å². The standard InChI is InChI=1S/C14H18N2O/c1-8-6-9(2)11(4)13(10(8)3)12-7-16-14(15-5)17-12/h6-7H,1-5H3,(H,15,16). The number of aryl methyl sites for hydroxylation is 2. The van der Waals surface area contributed by atoms with Gasteiger partial charge in [-0.1, -0.05) is 6.07 Å². The molecule has 0 aliphatic rings. The van der Waals surface area contributed by atoms with Gasteiger partial charge in [0.25, 0.3) is 6.01 Å². The first-order valence-electron chi connectivity index (χ1n) is 5.76. The number of hydrogen-bond donors (Lipinski definition) is 1. The monoisotopic (exact) mass is 230 g/mol.